The summed E-state index contributed by atoms with van der Waals surface area (Å²) >= 11 is 11.5. The normalized spacial score (nSPS) is 19.2. The second kappa shape index (κ2) is 9.37. The summed E-state index contributed by atoms with van der Waals surface area (Å²) in [7, 11) is 0. The van der Waals surface area contributed by atoms with Crippen LogP contribution in [0.1, 0.15) is 19.4 Å². The summed E-state index contributed by atoms with van der Waals surface area (Å²) in [4.78, 5) is 15.0. The van der Waals surface area contributed by atoms with Crippen LogP contribution >= 0.6 is 23.8 Å². The van der Waals surface area contributed by atoms with Crippen LogP contribution in [0.5, 0.6) is 5.75 Å². The predicted molar refractivity (Wildman–Crippen MR) is 115 cm³/mol. The molecule has 2 atom stereocenters. The van der Waals surface area contributed by atoms with Gasteiger partial charge in [-0.2, -0.15) is 0 Å². The maximum Gasteiger partial charge on any atom is 0.262 e. The van der Waals surface area contributed by atoms with Crippen molar-refractivity contribution in [3.63, 3.8) is 0 Å². The van der Waals surface area contributed by atoms with Gasteiger partial charge in [0.25, 0.3) is 5.91 Å². The Kier molecular flexibility index (Phi) is 6.88. The third kappa shape index (κ3) is 5.67. The van der Waals surface area contributed by atoms with Crippen LogP contribution in [0.3, 0.4) is 0 Å². The molecule has 0 unspecified atom stereocenters. The van der Waals surface area contributed by atoms with Crippen LogP contribution in [0.4, 0.5) is 5.69 Å². The van der Waals surface area contributed by atoms with Gasteiger partial charge in [-0.3, -0.25) is 4.79 Å². The van der Waals surface area contributed by atoms with Gasteiger partial charge in [-0.1, -0.05) is 23.8 Å². The smallest absolute Gasteiger partial charge is 0.262 e. The van der Waals surface area contributed by atoms with E-state index in [1.165, 1.54) is 0 Å². The molecule has 2 aromatic rings. The van der Waals surface area contributed by atoms with Crippen LogP contribution < -0.4 is 10.1 Å². The van der Waals surface area contributed by atoms with Gasteiger partial charge in [0.2, 0.25) is 0 Å². The van der Waals surface area contributed by atoms with E-state index in [1.54, 1.807) is 24.3 Å². The quantitative estimate of drug-likeness (QED) is 0.739. The first-order valence-corrected chi connectivity index (χ1v) is 9.92. The van der Waals surface area contributed by atoms with Crippen molar-refractivity contribution in [3.05, 3.63) is 59.1 Å². The van der Waals surface area contributed by atoms with Crippen molar-refractivity contribution in [1.29, 1.82) is 0 Å². The molecule has 0 aromatic heterocycles. The molecule has 1 aliphatic heterocycles. The molecule has 5 nitrogen and oxygen atoms in total. The number of hydrogen-bond acceptors (Lipinski definition) is 4. The number of nitrogens with one attached hydrogen (secondary N) is 1. The topological polar surface area (TPSA) is 50.8 Å². The maximum atomic E-state index is 12.0. The Labute approximate surface area is 175 Å². The van der Waals surface area contributed by atoms with Crippen molar-refractivity contribution >= 4 is 40.4 Å². The third-order valence-corrected chi connectivity index (χ3v) is 5.05. The summed E-state index contributed by atoms with van der Waals surface area (Å²) in [5, 5.41) is 3.38. The molecule has 1 heterocycles. The molecule has 1 aliphatic rings. The number of nitrogens with zero attached hydrogens (tertiary/aromatic N) is 1. The number of halogens is 1. The Morgan fingerprint density at radius 1 is 1.14 bits per heavy atom. The number of carbonyl (C=O) groups excluding carboxylic acids is 1. The first kappa shape index (κ1) is 20.6. The molecule has 0 bridgehead atoms. The molecule has 1 saturated heterocycles. The first-order chi connectivity index (χ1) is 13.4. The Hall–Kier alpha value is -2.15. The zero-order valence-corrected chi connectivity index (χ0v) is 17.4. The lowest BCUT2D eigenvalue weighted by molar-refractivity contribution is -0.118. The number of hydrogen-bond donors (Lipinski definition) is 1. The number of morpholine rings is 1. The second-order valence-electron chi connectivity index (χ2n) is 6.84. The molecule has 3 rings (SSSR count). The fraction of sp³-hybridized carbons (Fsp3) is 0.333. The highest BCUT2D eigenvalue weighted by Crippen LogP contribution is 2.18. The Morgan fingerprint density at radius 2 is 1.75 bits per heavy atom. The lowest BCUT2D eigenvalue weighted by Gasteiger charge is -2.37. The van der Waals surface area contributed by atoms with E-state index in [0.29, 0.717) is 16.5 Å². The highest BCUT2D eigenvalue weighted by Gasteiger charge is 2.24. The van der Waals surface area contributed by atoms with Crippen molar-refractivity contribution in [2.45, 2.75) is 26.1 Å². The number of thiocarbonyl (C=S) groups is 1. The van der Waals surface area contributed by atoms with E-state index in [2.05, 4.69) is 24.1 Å². The van der Waals surface area contributed by atoms with E-state index in [-0.39, 0.29) is 24.7 Å². The Balaban J connectivity index is 1.52. The Bertz CT molecular complexity index is 817. The SMILES string of the molecule is C[C@H]1CN(C(=S)c2ccc(OCC(=O)Nc3ccc(Cl)cc3)cc2)C[C@H](C)O1. The first-order valence-electron chi connectivity index (χ1n) is 9.13. The van der Waals surface area contributed by atoms with E-state index in [9.17, 15) is 4.79 Å². The number of benzene rings is 2. The van der Waals surface area contributed by atoms with Gasteiger partial charge >= 0.3 is 0 Å². The van der Waals surface area contributed by atoms with Gasteiger partial charge in [-0.05, 0) is 62.4 Å². The summed E-state index contributed by atoms with van der Waals surface area (Å²) in [5.41, 5.74) is 1.63. The maximum absolute atomic E-state index is 12.0. The summed E-state index contributed by atoms with van der Waals surface area (Å²) in [6, 6.07) is 14.4. The number of rotatable bonds is 5. The molecule has 0 spiro atoms. The predicted octanol–water partition coefficient (Wildman–Crippen LogP) is 4.14. The van der Waals surface area contributed by atoms with Crippen molar-refractivity contribution in [1.82, 2.24) is 4.90 Å². The number of anilines is 1. The summed E-state index contributed by atoms with van der Waals surface area (Å²) in [6.07, 6.45) is 0.312. The molecule has 2 aromatic carbocycles. The number of ether oxygens (including phenoxy) is 2. The van der Waals surface area contributed by atoms with Crippen LogP contribution in [0, 0.1) is 0 Å². The standard InChI is InChI=1S/C21H23ClN2O3S/c1-14-11-24(12-15(2)27-14)21(28)16-3-9-19(10-4-16)26-13-20(25)23-18-7-5-17(22)6-8-18/h3-10,14-15H,11-13H2,1-2H3,(H,23,25)/t14-,15-/m0/s1. The molecular formula is C21H23ClN2O3S. The van der Waals surface area contributed by atoms with Crippen LogP contribution in [0.15, 0.2) is 48.5 Å². The van der Waals surface area contributed by atoms with E-state index >= 15 is 0 Å². The van der Waals surface area contributed by atoms with Gasteiger partial charge in [0.1, 0.15) is 10.7 Å². The van der Waals surface area contributed by atoms with Crippen LogP contribution in [0.2, 0.25) is 5.02 Å². The molecule has 0 aliphatic carbocycles. The van der Waals surface area contributed by atoms with Gasteiger partial charge in [-0.25, -0.2) is 0 Å². The summed E-state index contributed by atoms with van der Waals surface area (Å²) < 4.78 is 11.3. The second-order valence-corrected chi connectivity index (χ2v) is 7.66. The van der Waals surface area contributed by atoms with E-state index in [4.69, 9.17) is 33.3 Å². The molecule has 1 N–H and O–H groups in total. The van der Waals surface area contributed by atoms with Gasteiger partial charge in [0.15, 0.2) is 6.61 Å². The lowest BCUT2D eigenvalue weighted by atomic mass is 10.1. The minimum atomic E-state index is -0.238. The van der Waals surface area contributed by atoms with Crippen molar-refractivity contribution in [2.24, 2.45) is 0 Å². The average molecular weight is 419 g/mol. The molecule has 0 radical (unpaired) electrons. The molecule has 7 heteroatoms. The molecule has 1 fully saturated rings. The number of carbonyl (C=O) groups is 1. The van der Waals surface area contributed by atoms with Crippen molar-refractivity contribution < 1.29 is 14.3 Å². The Morgan fingerprint density at radius 3 is 2.36 bits per heavy atom. The molecular weight excluding hydrogens is 396 g/mol. The largest absolute Gasteiger partial charge is 0.484 e. The minimum Gasteiger partial charge on any atom is -0.484 e. The van der Waals surface area contributed by atoms with E-state index < -0.39 is 0 Å². The monoisotopic (exact) mass is 418 g/mol. The zero-order chi connectivity index (χ0) is 20.1. The van der Waals surface area contributed by atoms with E-state index in [0.717, 1.165) is 23.6 Å². The highest BCUT2D eigenvalue weighted by atomic mass is 35.5. The zero-order valence-electron chi connectivity index (χ0n) is 15.9. The number of amides is 1. The average Bonchev–Trinajstić information content (AvgIpc) is 2.67. The van der Waals surface area contributed by atoms with Crippen molar-refractivity contribution in [2.75, 3.05) is 25.0 Å². The van der Waals surface area contributed by atoms with Gasteiger partial charge < -0.3 is 19.7 Å². The summed E-state index contributed by atoms with van der Waals surface area (Å²) in [6.45, 7) is 5.60. The lowest BCUT2D eigenvalue weighted by Crippen LogP contribution is -2.47. The minimum absolute atomic E-state index is 0.0785. The van der Waals surface area contributed by atoms with Gasteiger partial charge in [0.05, 0.1) is 12.2 Å². The third-order valence-electron chi connectivity index (χ3n) is 4.31. The molecule has 28 heavy (non-hydrogen) atoms. The van der Waals surface area contributed by atoms with Crippen molar-refractivity contribution in [3.8, 4) is 5.75 Å². The van der Waals surface area contributed by atoms with Crippen LogP contribution in [0.25, 0.3) is 0 Å². The molecule has 1 amide bonds. The van der Waals surface area contributed by atoms with Crippen LogP contribution in [-0.2, 0) is 9.53 Å². The molecule has 0 saturated carbocycles. The highest BCUT2D eigenvalue weighted by molar-refractivity contribution is 7.80. The molecule has 148 valence electrons. The fourth-order valence-electron chi connectivity index (χ4n) is 3.10. The van der Waals surface area contributed by atoms with E-state index in [1.807, 2.05) is 24.3 Å². The van der Waals surface area contributed by atoms with Crippen LogP contribution in [-0.4, -0.2) is 47.7 Å². The fourth-order valence-corrected chi connectivity index (χ4v) is 3.51. The summed E-state index contributed by atoms with van der Waals surface area (Å²) in [5.74, 6) is 0.375. The van der Waals surface area contributed by atoms with Gasteiger partial charge in [-0.15, -0.1) is 0 Å². The van der Waals surface area contributed by atoms with Gasteiger partial charge in [0, 0.05) is 29.4 Å².